The lowest BCUT2D eigenvalue weighted by Crippen LogP contribution is -2.19. The Kier molecular flexibility index (Phi) is 6.97. The van der Waals surface area contributed by atoms with Gasteiger partial charge in [-0.05, 0) is 0 Å². The lowest BCUT2D eigenvalue weighted by Gasteiger charge is -2.09. The topological polar surface area (TPSA) is 98.0 Å². The largest absolute Gasteiger partial charge is 0.481 e. The van der Waals surface area contributed by atoms with Crippen LogP contribution < -0.4 is 0 Å². The van der Waals surface area contributed by atoms with Crippen molar-refractivity contribution < 1.29 is 25.2 Å². The number of carboxylic acids is 1. The Morgan fingerprint density at radius 2 is 1.77 bits per heavy atom. The minimum atomic E-state index is -1.05. The van der Waals surface area contributed by atoms with Crippen LogP contribution in [0.25, 0.3) is 0 Å². The zero-order chi connectivity index (χ0) is 10.3. The quantitative estimate of drug-likeness (QED) is 0.426. The van der Waals surface area contributed by atoms with Gasteiger partial charge in [-0.2, -0.15) is 11.8 Å². The fourth-order valence-electron chi connectivity index (χ4n) is 0.653. The molecule has 6 heteroatoms. The first-order chi connectivity index (χ1) is 6.06. The average molecular weight is 210 g/mol. The number of aliphatic carboxylic acids is 1. The maximum Gasteiger partial charge on any atom is 0.306 e. The molecule has 5 nitrogen and oxygen atoms in total. The molecular formula is C7H14O5S. The summed E-state index contributed by atoms with van der Waals surface area (Å²) in [4.78, 5) is 10.1. The minimum Gasteiger partial charge on any atom is -0.481 e. The van der Waals surface area contributed by atoms with E-state index in [2.05, 4.69) is 0 Å². The Hall–Kier alpha value is -0.300. The summed E-state index contributed by atoms with van der Waals surface area (Å²) in [5, 5.41) is 34.6. The van der Waals surface area contributed by atoms with Crippen molar-refractivity contribution in [2.24, 2.45) is 0 Å². The fourth-order valence-corrected chi connectivity index (χ4v) is 1.56. The molecule has 4 N–H and O–H groups in total. The van der Waals surface area contributed by atoms with E-state index < -0.39 is 18.2 Å². The third-order valence-electron chi connectivity index (χ3n) is 1.24. The number of aliphatic hydroxyl groups is 3. The van der Waals surface area contributed by atoms with Gasteiger partial charge in [-0.15, -0.1) is 0 Å². The lowest BCUT2D eigenvalue weighted by molar-refractivity contribution is -0.138. The van der Waals surface area contributed by atoms with Crippen molar-refractivity contribution in [2.75, 3.05) is 18.1 Å². The SMILES string of the molecule is O=C(O)CC(O)CSCC(O)CO. The van der Waals surface area contributed by atoms with Gasteiger partial charge in [0.05, 0.1) is 25.2 Å². The van der Waals surface area contributed by atoms with Crippen LogP contribution in [-0.2, 0) is 4.79 Å². The molecule has 0 rings (SSSR count). The first-order valence-corrected chi connectivity index (χ1v) is 4.98. The summed E-state index contributed by atoms with van der Waals surface area (Å²) >= 11 is 1.21. The second-order valence-electron chi connectivity index (χ2n) is 2.63. The van der Waals surface area contributed by atoms with Crippen molar-refractivity contribution in [2.45, 2.75) is 18.6 Å². The summed E-state index contributed by atoms with van der Waals surface area (Å²) in [6, 6.07) is 0. The molecule has 0 aromatic rings. The van der Waals surface area contributed by atoms with Gasteiger partial charge in [0.25, 0.3) is 0 Å². The monoisotopic (exact) mass is 210 g/mol. The fraction of sp³-hybridized carbons (Fsp3) is 0.857. The molecule has 2 atom stereocenters. The molecule has 0 aromatic heterocycles. The molecule has 0 aliphatic carbocycles. The van der Waals surface area contributed by atoms with Gasteiger partial charge in [-0.1, -0.05) is 0 Å². The van der Waals surface area contributed by atoms with E-state index in [1.807, 2.05) is 0 Å². The highest BCUT2D eigenvalue weighted by Crippen LogP contribution is 2.07. The Morgan fingerprint density at radius 3 is 2.23 bits per heavy atom. The van der Waals surface area contributed by atoms with Crippen molar-refractivity contribution in [3.8, 4) is 0 Å². The summed E-state index contributed by atoms with van der Waals surface area (Å²) in [6.07, 6.45) is -1.99. The second kappa shape index (κ2) is 7.14. The first-order valence-electron chi connectivity index (χ1n) is 3.82. The molecule has 0 bridgehead atoms. The van der Waals surface area contributed by atoms with E-state index in [1.165, 1.54) is 11.8 Å². The van der Waals surface area contributed by atoms with Crippen LogP contribution in [0.5, 0.6) is 0 Å². The second-order valence-corrected chi connectivity index (χ2v) is 3.70. The maximum absolute atomic E-state index is 10.1. The van der Waals surface area contributed by atoms with Gasteiger partial charge in [0.1, 0.15) is 0 Å². The molecular weight excluding hydrogens is 196 g/mol. The van der Waals surface area contributed by atoms with E-state index in [0.717, 1.165) is 0 Å². The normalized spacial score (nSPS) is 15.3. The average Bonchev–Trinajstić information content (AvgIpc) is 2.02. The molecule has 0 saturated carbocycles. The number of aliphatic hydroxyl groups excluding tert-OH is 3. The molecule has 0 aromatic carbocycles. The standard InChI is InChI=1S/C7H14O5S/c8-2-6(10)4-13-3-5(9)1-7(11)12/h5-6,8-10H,1-4H2,(H,11,12). The molecule has 0 radical (unpaired) electrons. The third-order valence-corrected chi connectivity index (χ3v) is 2.48. The third kappa shape index (κ3) is 8.04. The molecule has 0 heterocycles. The summed E-state index contributed by atoms with van der Waals surface area (Å²) in [7, 11) is 0. The highest BCUT2D eigenvalue weighted by Gasteiger charge is 2.10. The van der Waals surface area contributed by atoms with Gasteiger partial charge in [0.15, 0.2) is 0 Å². The van der Waals surface area contributed by atoms with Crippen molar-refractivity contribution in [3.63, 3.8) is 0 Å². The molecule has 0 saturated heterocycles. The summed E-state index contributed by atoms with van der Waals surface area (Å²) in [6.45, 7) is -0.317. The van der Waals surface area contributed by atoms with E-state index in [4.69, 9.17) is 20.4 Å². The van der Waals surface area contributed by atoms with E-state index in [0.29, 0.717) is 5.75 Å². The van der Waals surface area contributed by atoms with Gasteiger partial charge in [-0.3, -0.25) is 4.79 Å². The highest BCUT2D eigenvalue weighted by atomic mass is 32.2. The molecule has 2 unspecified atom stereocenters. The van der Waals surface area contributed by atoms with Gasteiger partial charge in [0, 0.05) is 11.5 Å². The predicted octanol–water partition coefficient (Wildman–Crippen LogP) is -1.09. The van der Waals surface area contributed by atoms with Crippen LogP contribution in [-0.4, -0.2) is 56.7 Å². The summed E-state index contributed by atoms with van der Waals surface area (Å²) in [5.74, 6) is -0.493. The van der Waals surface area contributed by atoms with Gasteiger partial charge < -0.3 is 20.4 Å². The minimum absolute atomic E-state index is 0.253. The highest BCUT2D eigenvalue weighted by molar-refractivity contribution is 7.99. The van der Waals surface area contributed by atoms with Crippen LogP contribution in [0.2, 0.25) is 0 Å². The first kappa shape index (κ1) is 12.7. The molecule has 0 amide bonds. The van der Waals surface area contributed by atoms with E-state index in [1.54, 1.807) is 0 Å². The van der Waals surface area contributed by atoms with Gasteiger partial charge >= 0.3 is 5.97 Å². The zero-order valence-electron chi connectivity index (χ0n) is 7.09. The van der Waals surface area contributed by atoms with Gasteiger partial charge in [-0.25, -0.2) is 0 Å². The van der Waals surface area contributed by atoms with Gasteiger partial charge in [0.2, 0.25) is 0 Å². The number of hydrogen-bond acceptors (Lipinski definition) is 5. The van der Waals surface area contributed by atoms with Crippen molar-refractivity contribution in [1.82, 2.24) is 0 Å². The number of carbonyl (C=O) groups is 1. The van der Waals surface area contributed by atoms with Crippen LogP contribution in [0, 0.1) is 0 Å². The molecule has 0 aliphatic rings. The molecule has 0 spiro atoms. The van der Waals surface area contributed by atoms with Crippen LogP contribution in [0.3, 0.4) is 0 Å². The Morgan fingerprint density at radius 1 is 1.23 bits per heavy atom. The molecule has 78 valence electrons. The Balaban J connectivity index is 3.36. The van der Waals surface area contributed by atoms with Crippen molar-refractivity contribution in [3.05, 3.63) is 0 Å². The number of hydrogen-bond donors (Lipinski definition) is 4. The smallest absolute Gasteiger partial charge is 0.306 e. The van der Waals surface area contributed by atoms with Crippen LogP contribution in [0.15, 0.2) is 0 Å². The lowest BCUT2D eigenvalue weighted by atomic mass is 10.3. The summed E-state index contributed by atoms with van der Waals surface area (Å²) < 4.78 is 0. The number of thioether (sulfide) groups is 1. The van der Waals surface area contributed by atoms with Crippen LogP contribution in [0.1, 0.15) is 6.42 Å². The van der Waals surface area contributed by atoms with E-state index in [9.17, 15) is 4.79 Å². The zero-order valence-corrected chi connectivity index (χ0v) is 7.90. The van der Waals surface area contributed by atoms with E-state index >= 15 is 0 Å². The molecule has 13 heavy (non-hydrogen) atoms. The number of carboxylic acid groups (broad SMARTS) is 1. The predicted molar refractivity (Wildman–Crippen MR) is 48.7 cm³/mol. The summed E-state index contributed by atoms with van der Waals surface area (Å²) in [5.41, 5.74) is 0. The number of rotatable bonds is 7. The van der Waals surface area contributed by atoms with Crippen molar-refractivity contribution >= 4 is 17.7 Å². The Bertz CT molecular complexity index is 152. The molecule has 0 fully saturated rings. The van der Waals surface area contributed by atoms with Crippen molar-refractivity contribution in [1.29, 1.82) is 0 Å². The van der Waals surface area contributed by atoms with E-state index in [-0.39, 0.29) is 18.8 Å². The molecule has 0 aliphatic heterocycles. The maximum atomic E-state index is 10.1. The van der Waals surface area contributed by atoms with Crippen LogP contribution in [0.4, 0.5) is 0 Å². The Labute approximate surface area is 80.4 Å². The van der Waals surface area contributed by atoms with Crippen LogP contribution >= 0.6 is 11.8 Å².